The van der Waals surface area contributed by atoms with Crippen LogP contribution in [0.1, 0.15) is 30.1 Å². The minimum absolute atomic E-state index is 0.252. The van der Waals surface area contributed by atoms with Gasteiger partial charge in [0.05, 0.1) is 11.4 Å². The van der Waals surface area contributed by atoms with Gasteiger partial charge in [0.1, 0.15) is 11.5 Å². The zero-order valence-electron chi connectivity index (χ0n) is 14.7. The van der Waals surface area contributed by atoms with Crippen LogP contribution in [-0.2, 0) is 6.54 Å². The van der Waals surface area contributed by atoms with E-state index in [1.165, 1.54) is 25.1 Å². The first-order valence-corrected chi connectivity index (χ1v) is 9.08. The summed E-state index contributed by atoms with van der Waals surface area (Å²) in [6, 6.07) is 7.81. The number of halogens is 1. The molecule has 7 heteroatoms. The van der Waals surface area contributed by atoms with Crippen LogP contribution in [0, 0.1) is 5.82 Å². The lowest BCUT2D eigenvalue weighted by atomic mass is 10.1. The molecule has 2 fully saturated rings. The van der Waals surface area contributed by atoms with Crippen molar-refractivity contribution in [3.05, 3.63) is 53.9 Å². The van der Waals surface area contributed by atoms with Gasteiger partial charge in [0, 0.05) is 44.0 Å². The average molecular weight is 352 g/mol. The predicted octanol–water partition coefficient (Wildman–Crippen LogP) is 2.46. The van der Waals surface area contributed by atoms with E-state index in [9.17, 15) is 4.39 Å². The first-order valence-electron chi connectivity index (χ1n) is 9.08. The van der Waals surface area contributed by atoms with E-state index in [-0.39, 0.29) is 5.82 Å². The van der Waals surface area contributed by atoms with Crippen molar-refractivity contribution in [2.45, 2.75) is 31.3 Å². The summed E-state index contributed by atoms with van der Waals surface area (Å²) >= 11 is 0. The number of anilines is 1. The van der Waals surface area contributed by atoms with Gasteiger partial charge in [0.25, 0.3) is 0 Å². The Labute approximate surface area is 151 Å². The predicted molar refractivity (Wildman–Crippen MR) is 96.6 cm³/mol. The van der Waals surface area contributed by atoms with Crippen molar-refractivity contribution in [2.75, 3.05) is 25.0 Å². The molecule has 2 aliphatic rings. The number of hydrogen-bond acceptors (Lipinski definition) is 5. The van der Waals surface area contributed by atoms with E-state index in [0.29, 0.717) is 12.0 Å². The summed E-state index contributed by atoms with van der Waals surface area (Å²) in [6.45, 7) is 2.63. The van der Waals surface area contributed by atoms with E-state index in [4.69, 9.17) is 0 Å². The van der Waals surface area contributed by atoms with Crippen LogP contribution in [0.2, 0.25) is 0 Å². The molecule has 5 rings (SSSR count). The molecule has 3 aromatic heterocycles. The van der Waals surface area contributed by atoms with E-state index < -0.39 is 0 Å². The topological polar surface area (TPSA) is 49.6 Å². The molecule has 1 saturated carbocycles. The molecule has 0 bridgehead atoms. The van der Waals surface area contributed by atoms with Gasteiger partial charge >= 0.3 is 0 Å². The second-order valence-electron chi connectivity index (χ2n) is 7.41. The van der Waals surface area contributed by atoms with Gasteiger partial charge < -0.3 is 9.30 Å². The highest BCUT2D eigenvalue weighted by atomic mass is 19.1. The van der Waals surface area contributed by atoms with Crippen LogP contribution in [0.5, 0.6) is 0 Å². The zero-order valence-corrected chi connectivity index (χ0v) is 14.7. The summed E-state index contributed by atoms with van der Waals surface area (Å²) in [6.07, 6.45) is 5.86. The van der Waals surface area contributed by atoms with Crippen molar-refractivity contribution >= 4 is 11.5 Å². The molecule has 0 aromatic carbocycles. The summed E-state index contributed by atoms with van der Waals surface area (Å²) in [5, 5.41) is 8.75. The molecule has 6 nitrogen and oxygen atoms in total. The molecule has 4 heterocycles. The summed E-state index contributed by atoms with van der Waals surface area (Å²) in [4.78, 5) is 9.11. The van der Waals surface area contributed by atoms with Gasteiger partial charge in [-0.2, -0.15) is 5.10 Å². The minimum atomic E-state index is -0.252. The van der Waals surface area contributed by atoms with Crippen molar-refractivity contribution < 1.29 is 4.39 Å². The molecule has 1 aliphatic carbocycles. The largest absolute Gasteiger partial charge is 0.352 e. The smallest absolute Gasteiger partial charge is 0.151 e. The quantitative estimate of drug-likeness (QED) is 0.706. The normalized spacial score (nSPS) is 17.9. The maximum atomic E-state index is 13.3. The third kappa shape index (κ3) is 2.92. The lowest BCUT2D eigenvalue weighted by Crippen LogP contribution is -2.58. The monoisotopic (exact) mass is 352 g/mol. The summed E-state index contributed by atoms with van der Waals surface area (Å²) in [7, 11) is 2.11. The molecule has 0 N–H and O–H groups in total. The Morgan fingerprint density at radius 3 is 2.69 bits per heavy atom. The second kappa shape index (κ2) is 6.02. The van der Waals surface area contributed by atoms with Crippen LogP contribution in [0.15, 0.2) is 36.7 Å². The molecule has 1 aliphatic heterocycles. The number of fused-ring (bicyclic) bond motifs is 1. The number of pyridine rings is 1. The Bertz CT molecular complexity index is 927. The molecule has 0 unspecified atom stereocenters. The SMILES string of the molecule is CN(Cc1cn2cc(F)ccc2n1)C1CN(c2ccc(C3CC3)nn2)C1. The standard InChI is InChI=1S/C19H21FN6/c1-24(9-15-10-25-8-14(20)4-6-18(25)21-15)16-11-26(12-16)19-7-5-17(22-23-19)13-2-3-13/h4-8,10,13,16H,2-3,9,11-12H2,1H3. The van der Waals surface area contributed by atoms with Gasteiger partial charge in [-0.25, -0.2) is 9.37 Å². The second-order valence-corrected chi connectivity index (χ2v) is 7.41. The first kappa shape index (κ1) is 15.7. The molecule has 26 heavy (non-hydrogen) atoms. The van der Waals surface area contributed by atoms with Crippen molar-refractivity contribution in [1.82, 2.24) is 24.5 Å². The van der Waals surface area contributed by atoms with Gasteiger partial charge in [-0.1, -0.05) is 0 Å². The van der Waals surface area contributed by atoms with Crippen LogP contribution in [-0.4, -0.2) is 50.7 Å². The molecule has 0 amide bonds. The maximum Gasteiger partial charge on any atom is 0.151 e. The molecule has 1 saturated heterocycles. The van der Waals surface area contributed by atoms with Crippen LogP contribution in [0.3, 0.4) is 0 Å². The molecule has 3 aromatic rings. The van der Waals surface area contributed by atoms with E-state index >= 15 is 0 Å². The van der Waals surface area contributed by atoms with E-state index in [0.717, 1.165) is 42.5 Å². The number of likely N-dealkylation sites (N-methyl/N-ethyl adjacent to an activating group) is 1. The zero-order chi connectivity index (χ0) is 17.7. The van der Waals surface area contributed by atoms with E-state index in [1.54, 1.807) is 10.5 Å². The average Bonchev–Trinajstić information content (AvgIpc) is 3.35. The molecule has 0 radical (unpaired) electrons. The molecule has 0 atom stereocenters. The summed E-state index contributed by atoms with van der Waals surface area (Å²) in [5.74, 6) is 1.35. The van der Waals surface area contributed by atoms with Gasteiger partial charge in [-0.3, -0.25) is 4.90 Å². The van der Waals surface area contributed by atoms with Crippen LogP contribution >= 0.6 is 0 Å². The van der Waals surface area contributed by atoms with Gasteiger partial charge in [0.2, 0.25) is 0 Å². The number of imidazole rings is 1. The van der Waals surface area contributed by atoms with Gasteiger partial charge in [-0.15, -0.1) is 5.10 Å². The van der Waals surface area contributed by atoms with Gasteiger partial charge in [0.15, 0.2) is 5.82 Å². The fourth-order valence-corrected chi connectivity index (χ4v) is 3.50. The fourth-order valence-electron chi connectivity index (χ4n) is 3.50. The Hall–Kier alpha value is -2.54. The third-order valence-electron chi connectivity index (χ3n) is 5.35. The van der Waals surface area contributed by atoms with Crippen molar-refractivity contribution in [3.8, 4) is 0 Å². The highest BCUT2D eigenvalue weighted by molar-refractivity contribution is 5.42. The summed E-state index contributed by atoms with van der Waals surface area (Å²) < 4.78 is 15.0. The van der Waals surface area contributed by atoms with Crippen molar-refractivity contribution in [1.29, 1.82) is 0 Å². The number of rotatable bonds is 5. The van der Waals surface area contributed by atoms with Crippen molar-refractivity contribution in [2.24, 2.45) is 0 Å². The van der Waals surface area contributed by atoms with E-state index in [1.807, 2.05) is 6.20 Å². The maximum absolute atomic E-state index is 13.3. The molecule has 134 valence electrons. The Kier molecular flexibility index (Phi) is 3.63. The minimum Gasteiger partial charge on any atom is -0.352 e. The highest BCUT2D eigenvalue weighted by Gasteiger charge is 2.32. The fraction of sp³-hybridized carbons (Fsp3) is 0.421. The summed E-state index contributed by atoms with van der Waals surface area (Å²) in [5.41, 5.74) is 2.85. The van der Waals surface area contributed by atoms with Crippen LogP contribution in [0.25, 0.3) is 5.65 Å². The Balaban J connectivity index is 1.19. The number of hydrogen-bond donors (Lipinski definition) is 0. The van der Waals surface area contributed by atoms with Crippen LogP contribution in [0.4, 0.5) is 10.2 Å². The third-order valence-corrected chi connectivity index (χ3v) is 5.35. The Morgan fingerprint density at radius 2 is 1.96 bits per heavy atom. The molecular weight excluding hydrogens is 331 g/mol. The van der Waals surface area contributed by atoms with Crippen molar-refractivity contribution in [3.63, 3.8) is 0 Å². The Morgan fingerprint density at radius 1 is 1.12 bits per heavy atom. The number of nitrogens with zero attached hydrogens (tertiary/aromatic N) is 6. The molecule has 0 spiro atoms. The lowest BCUT2D eigenvalue weighted by Gasteiger charge is -2.44. The highest BCUT2D eigenvalue weighted by Crippen LogP contribution is 2.38. The van der Waals surface area contributed by atoms with Crippen LogP contribution < -0.4 is 4.90 Å². The number of aromatic nitrogens is 4. The molecular formula is C19H21FN6. The van der Waals surface area contributed by atoms with E-state index in [2.05, 4.69) is 44.2 Å². The first-order chi connectivity index (χ1) is 12.7. The van der Waals surface area contributed by atoms with Gasteiger partial charge in [-0.05, 0) is 44.2 Å². The lowest BCUT2D eigenvalue weighted by molar-refractivity contribution is 0.195.